The molecule has 4 heteroatoms. The van der Waals surface area contributed by atoms with E-state index in [4.69, 9.17) is 11.6 Å². The first-order valence-corrected chi connectivity index (χ1v) is 9.82. The molecule has 2 rings (SSSR count). The molecule has 1 nitrogen and oxygen atoms in total. The predicted octanol–water partition coefficient (Wildman–Crippen LogP) is 6.07. The first kappa shape index (κ1) is 17.1. The summed E-state index contributed by atoms with van der Waals surface area (Å²) in [5.74, 6) is 3.11. The topological polar surface area (TPSA) is 20.2 Å². The third-order valence-corrected chi connectivity index (χ3v) is 7.89. The SMILES string of the molecule is C=CCC(CC1(CC)SCCCS1)c1cc(Cl)ccc1O. The van der Waals surface area contributed by atoms with Crippen molar-refractivity contribution >= 4 is 35.1 Å². The molecule has 1 heterocycles. The van der Waals surface area contributed by atoms with Gasteiger partial charge in [0.25, 0.3) is 0 Å². The number of hydrogen-bond acceptors (Lipinski definition) is 3. The third kappa shape index (κ3) is 4.37. The monoisotopic (exact) mass is 342 g/mol. The van der Waals surface area contributed by atoms with Crippen molar-refractivity contribution in [3.63, 3.8) is 0 Å². The maximum Gasteiger partial charge on any atom is 0.119 e. The molecule has 1 atom stereocenters. The van der Waals surface area contributed by atoms with E-state index in [1.54, 1.807) is 12.1 Å². The van der Waals surface area contributed by atoms with Gasteiger partial charge in [0.05, 0.1) is 4.08 Å². The summed E-state index contributed by atoms with van der Waals surface area (Å²) in [6.45, 7) is 6.16. The Kier molecular flexibility index (Phi) is 6.39. The van der Waals surface area contributed by atoms with Gasteiger partial charge in [-0.05, 0) is 66.9 Å². The van der Waals surface area contributed by atoms with Gasteiger partial charge >= 0.3 is 0 Å². The van der Waals surface area contributed by atoms with E-state index in [9.17, 15) is 5.11 Å². The van der Waals surface area contributed by atoms with E-state index in [2.05, 4.69) is 37.0 Å². The van der Waals surface area contributed by atoms with Gasteiger partial charge < -0.3 is 5.11 Å². The molecule has 0 aliphatic carbocycles. The molecule has 0 bridgehead atoms. The molecule has 1 unspecified atom stereocenters. The fourth-order valence-electron chi connectivity index (χ4n) is 2.83. The fourth-order valence-corrected chi connectivity index (χ4v) is 6.40. The number of halogens is 1. The number of benzene rings is 1. The lowest BCUT2D eigenvalue weighted by molar-refractivity contribution is 0.454. The molecule has 0 radical (unpaired) electrons. The quantitative estimate of drug-likeness (QED) is 0.633. The number of phenols is 1. The smallest absolute Gasteiger partial charge is 0.119 e. The molecule has 0 saturated carbocycles. The van der Waals surface area contributed by atoms with E-state index < -0.39 is 0 Å². The van der Waals surface area contributed by atoms with Crippen LogP contribution >= 0.6 is 35.1 Å². The Morgan fingerprint density at radius 3 is 2.76 bits per heavy atom. The van der Waals surface area contributed by atoms with Crippen molar-refractivity contribution in [2.24, 2.45) is 0 Å². The van der Waals surface area contributed by atoms with Crippen LogP contribution in [-0.4, -0.2) is 20.7 Å². The van der Waals surface area contributed by atoms with Crippen LogP contribution < -0.4 is 0 Å². The van der Waals surface area contributed by atoms with Crippen LogP contribution in [0, 0.1) is 0 Å². The minimum absolute atomic E-state index is 0.265. The Hall–Kier alpha value is -0.250. The summed E-state index contributed by atoms with van der Waals surface area (Å²) in [6, 6.07) is 5.35. The van der Waals surface area contributed by atoms with E-state index in [1.807, 2.05) is 12.1 Å². The van der Waals surface area contributed by atoms with Gasteiger partial charge in [0.15, 0.2) is 0 Å². The zero-order valence-corrected chi connectivity index (χ0v) is 14.9. The van der Waals surface area contributed by atoms with Crippen LogP contribution in [0.2, 0.25) is 5.02 Å². The third-order valence-electron chi connectivity index (χ3n) is 4.00. The average molecular weight is 343 g/mol. The second-order valence-electron chi connectivity index (χ2n) is 5.44. The Morgan fingerprint density at radius 1 is 1.43 bits per heavy atom. The van der Waals surface area contributed by atoms with Crippen LogP contribution in [0.1, 0.15) is 44.1 Å². The number of hydrogen-bond donors (Lipinski definition) is 1. The second-order valence-corrected chi connectivity index (χ2v) is 9.09. The van der Waals surface area contributed by atoms with Gasteiger partial charge in [0.2, 0.25) is 0 Å². The van der Waals surface area contributed by atoms with Crippen LogP contribution in [0.5, 0.6) is 5.75 Å². The molecule has 1 aliphatic rings. The van der Waals surface area contributed by atoms with Crippen molar-refractivity contribution in [2.45, 2.75) is 42.6 Å². The van der Waals surface area contributed by atoms with E-state index in [1.165, 1.54) is 17.9 Å². The molecule has 21 heavy (non-hydrogen) atoms. The molecule has 0 spiro atoms. The number of allylic oxidation sites excluding steroid dienone is 1. The maximum absolute atomic E-state index is 10.2. The van der Waals surface area contributed by atoms with Crippen molar-refractivity contribution in [2.75, 3.05) is 11.5 Å². The number of rotatable bonds is 6. The highest BCUT2D eigenvalue weighted by atomic mass is 35.5. The molecule has 116 valence electrons. The van der Waals surface area contributed by atoms with Crippen LogP contribution in [0.15, 0.2) is 30.9 Å². The molecule has 1 aromatic rings. The lowest BCUT2D eigenvalue weighted by Crippen LogP contribution is -2.27. The zero-order chi connectivity index (χ0) is 15.3. The molecule has 1 aliphatic heterocycles. The maximum atomic E-state index is 10.2. The number of phenolic OH excluding ortho intramolecular Hbond substituents is 1. The predicted molar refractivity (Wildman–Crippen MR) is 97.8 cm³/mol. The molecular weight excluding hydrogens is 320 g/mol. The normalized spacial score (nSPS) is 19.1. The van der Waals surface area contributed by atoms with Gasteiger partial charge in [-0.15, -0.1) is 30.1 Å². The summed E-state index contributed by atoms with van der Waals surface area (Å²) in [5, 5.41) is 10.9. The van der Waals surface area contributed by atoms with Gasteiger partial charge in [0, 0.05) is 5.02 Å². The van der Waals surface area contributed by atoms with E-state index >= 15 is 0 Å². The highest BCUT2D eigenvalue weighted by molar-refractivity contribution is 8.18. The highest BCUT2D eigenvalue weighted by Gasteiger charge is 2.35. The molecule has 1 fully saturated rings. The molecule has 0 aromatic heterocycles. The van der Waals surface area contributed by atoms with E-state index in [0.29, 0.717) is 10.8 Å². The van der Waals surface area contributed by atoms with Crippen molar-refractivity contribution < 1.29 is 5.11 Å². The van der Waals surface area contributed by atoms with E-state index in [0.717, 1.165) is 24.8 Å². The van der Waals surface area contributed by atoms with Crippen LogP contribution in [-0.2, 0) is 0 Å². The Balaban J connectivity index is 2.25. The van der Waals surface area contributed by atoms with Gasteiger partial charge in [-0.25, -0.2) is 0 Å². The average Bonchev–Trinajstić information content (AvgIpc) is 2.50. The molecule has 1 N–H and O–H groups in total. The minimum atomic E-state index is 0.265. The van der Waals surface area contributed by atoms with Gasteiger partial charge in [-0.3, -0.25) is 0 Å². The van der Waals surface area contributed by atoms with Gasteiger partial charge in [-0.2, -0.15) is 0 Å². The number of thioether (sulfide) groups is 2. The minimum Gasteiger partial charge on any atom is -0.508 e. The Bertz CT molecular complexity index is 484. The summed E-state index contributed by atoms with van der Waals surface area (Å²) < 4.78 is 0.265. The second kappa shape index (κ2) is 7.85. The Morgan fingerprint density at radius 2 is 2.14 bits per heavy atom. The first-order chi connectivity index (χ1) is 10.1. The largest absolute Gasteiger partial charge is 0.508 e. The molecular formula is C17H23ClOS2. The summed E-state index contributed by atoms with van der Waals surface area (Å²) in [5.41, 5.74) is 0.960. The Labute approximate surface area is 141 Å². The van der Waals surface area contributed by atoms with Crippen molar-refractivity contribution in [1.82, 2.24) is 0 Å². The molecule has 1 aromatic carbocycles. The number of aromatic hydroxyl groups is 1. The fraction of sp³-hybridized carbons (Fsp3) is 0.529. The summed E-state index contributed by atoms with van der Waals surface area (Å²) in [4.78, 5) is 0. The molecule has 0 amide bonds. The first-order valence-electron chi connectivity index (χ1n) is 7.47. The van der Waals surface area contributed by atoms with Crippen LogP contribution in [0.3, 0.4) is 0 Å². The lowest BCUT2D eigenvalue weighted by atomic mass is 9.89. The zero-order valence-electron chi connectivity index (χ0n) is 12.5. The van der Waals surface area contributed by atoms with E-state index in [-0.39, 0.29) is 10.00 Å². The highest BCUT2D eigenvalue weighted by Crippen LogP contribution is 2.51. The van der Waals surface area contributed by atoms with Crippen molar-refractivity contribution in [1.29, 1.82) is 0 Å². The summed E-state index contributed by atoms with van der Waals surface area (Å²) in [7, 11) is 0. The standard InChI is InChI=1S/C17H23ClOS2/c1-3-6-13(15-11-14(18)7-8-16(15)19)12-17(4-2)20-9-5-10-21-17/h3,7-8,11,13,19H,1,4-6,9-10,12H2,2H3. The summed E-state index contributed by atoms with van der Waals surface area (Å²) in [6.07, 6.45) is 6.32. The van der Waals surface area contributed by atoms with Crippen LogP contribution in [0.25, 0.3) is 0 Å². The lowest BCUT2D eigenvalue weighted by Gasteiger charge is -2.38. The van der Waals surface area contributed by atoms with Crippen LogP contribution in [0.4, 0.5) is 0 Å². The molecule has 1 saturated heterocycles. The van der Waals surface area contributed by atoms with Gasteiger partial charge in [-0.1, -0.05) is 24.6 Å². The van der Waals surface area contributed by atoms with Gasteiger partial charge in [0.1, 0.15) is 5.75 Å². The summed E-state index contributed by atoms with van der Waals surface area (Å²) >= 11 is 10.3. The van der Waals surface area contributed by atoms with Crippen molar-refractivity contribution in [3.05, 3.63) is 41.4 Å². The van der Waals surface area contributed by atoms with Crippen molar-refractivity contribution in [3.8, 4) is 5.75 Å².